The third kappa shape index (κ3) is 4.45. The molecule has 0 aliphatic heterocycles. The van der Waals surface area contributed by atoms with Crippen LogP contribution < -0.4 is 4.74 Å². The highest BCUT2D eigenvalue weighted by Gasteiger charge is 2.30. The smallest absolute Gasteiger partial charge is 0.406 e. The van der Waals surface area contributed by atoms with Crippen molar-refractivity contribution in [1.82, 2.24) is 20.0 Å². The fourth-order valence-electron chi connectivity index (χ4n) is 3.01. The van der Waals surface area contributed by atoms with Gasteiger partial charge in [-0.05, 0) is 29.3 Å². The molecule has 0 atom stereocenters. The Kier molecular flexibility index (Phi) is 4.79. The summed E-state index contributed by atoms with van der Waals surface area (Å²) in [5, 5.41) is 11.9. The van der Waals surface area contributed by atoms with Crippen LogP contribution in [0.1, 0.15) is 21.6 Å². The Hall–Kier alpha value is -3.62. The van der Waals surface area contributed by atoms with E-state index in [4.69, 9.17) is 0 Å². The lowest BCUT2D eigenvalue weighted by molar-refractivity contribution is -0.274. The third-order valence-electron chi connectivity index (χ3n) is 4.29. The maximum absolute atomic E-state index is 12.6. The van der Waals surface area contributed by atoms with Gasteiger partial charge in [-0.2, -0.15) is 10.2 Å². The molecule has 0 radical (unpaired) electrons. The zero-order chi connectivity index (χ0) is 20.4. The number of benzene rings is 2. The number of alkyl halides is 3. The lowest BCUT2D eigenvalue weighted by Crippen LogP contribution is -2.17. The largest absolute Gasteiger partial charge is 0.573 e. The molecule has 0 amide bonds. The van der Waals surface area contributed by atoms with Gasteiger partial charge in [0.1, 0.15) is 11.4 Å². The molecule has 0 fully saturated rings. The van der Waals surface area contributed by atoms with Crippen LogP contribution in [0.5, 0.6) is 5.75 Å². The Morgan fingerprint density at radius 2 is 1.83 bits per heavy atom. The number of aromatic amines is 1. The molecular weight excluding hydrogens is 385 g/mol. The number of ether oxygens (including phenoxy) is 1. The quantitative estimate of drug-likeness (QED) is 0.494. The third-order valence-corrected chi connectivity index (χ3v) is 4.29. The van der Waals surface area contributed by atoms with Crippen molar-refractivity contribution < 1.29 is 22.7 Å². The predicted molar refractivity (Wildman–Crippen MR) is 98.6 cm³/mol. The molecule has 2 heterocycles. The van der Waals surface area contributed by atoms with Crippen molar-refractivity contribution in [2.24, 2.45) is 0 Å². The summed E-state index contributed by atoms with van der Waals surface area (Å²) >= 11 is 0. The number of Topliss-reactive ketones (excluding diaryl/α,β-unsaturated/α-hetero) is 1. The highest BCUT2D eigenvalue weighted by atomic mass is 19.4. The number of hydrogen-bond donors (Lipinski definition) is 1. The molecule has 6 nitrogen and oxygen atoms in total. The minimum Gasteiger partial charge on any atom is -0.406 e. The molecule has 1 N–H and O–H groups in total. The summed E-state index contributed by atoms with van der Waals surface area (Å²) in [6.07, 6.45) is -1.25. The summed E-state index contributed by atoms with van der Waals surface area (Å²) in [6, 6.07) is 13.0. The van der Waals surface area contributed by atoms with Crippen molar-refractivity contribution in [2.45, 2.75) is 19.3 Å². The number of halogens is 3. The average molecular weight is 400 g/mol. The molecule has 0 bridgehead atoms. The molecule has 0 aliphatic carbocycles. The molecule has 29 heavy (non-hydrogen) atoms. The van der Waals surface area contributed by atoms with Gasteiger partial charge in [0, 0.05) is 18.0 Å². The summed E-state index contributed by atoms with van der Waals surface area (Å²) in [7, 11) is 0. The van der Waals surface area contributed by atoms with Crippen molar-refractivity contribution in [1.29, 1.82) is 0 Å². The molecule has 148 valence electrons. The van der Waals surface area contributed by atoms with Gasteiger partial charge in [-0.1, -0.05) is 30.3 Å². The summed E-state index contributed by atoms with van der Waals surface area (Å²) in [5.41, 5.74) is 2.65. The number of aromatic nitrogens is 4. The number of nitrogens with one attached hydrogen (secondary N) is 1. The van der Waals surface area contributed by atoms with Gasteiger partial charge in [0.15, 0.2) is 5.78 Å². The second-order valence-corrected chi connectivity index (χ2v) is 6.46. The standard InChI is InChI=1S/C20H15F3N4O2/c21-20(22,23)29-15-7-5-13(6-8-15)11-27-12-14(10-24-27)9-18(28)19-16-3-1-2-4-17(16)25-26-19/h1-8,10,12H,9,11H2,(H,25,26). The Morgan fingerprint density at radius 3 is 2.59 bits per heavy atom. The number of carbonyl (C=O) groups excluding carboxylic acids is 1. The average Bonchev–Trinajstić information content (AvgIpc) is 3.29. The normalized spacial score (nSPS) is 11.7. The topological polar surface area (TPSA) is 72.8 Å². The van der Waals surface area contributed by atoms with Crippen molar-refractivity contribution in [2.75, 3.05) is 0 Å². The zero-order valence-electron chi connectivity index (χ0n) is 15.0. The van der Waals surface area contributed by atoms with Gasteiger partial charge in [0.25, 0.3) is 0 Å². The van der Waals surface area contributed by atoms with Gasteiger partial charge in [-0.25, -0.2) is 0 Å². The first-order chi connectivity index (χ1) is 13.9. The van der Waals surface area contributed by atoms with E-state index in [1.165, 1.54) is 24.3 Å². The van der Waals surface area contributed by atoms with Crippen LogP contribution in [0.25, 0.3) is 10.9 Å². The van der Waals surface area contributed by atoms with Gasteiger partial charge in [0.2, 0.25) is 0 Å². The number of H-pyrrole nitrogens is 1. The summed E-state index contributed by atoms with van der Waals surface area (Å²) in [5.74, 6) is -0.408. The molecule has 2 aromatic heterocycles. The molecule has 4 rings (SSSR count). The lowest BCUT2D eigenvalue weighted by Gasteiger charge is -2.09. The summed E-state index contributed by atoms with van der Waals surface area (Å²) in [4.78, 5) is 12.6. The van der Waals surface area contributed by atoms with E-state index in [0.717, 1.165) is 22.0 Å². The first-order valence-electron chi connectivity index (χ1n) is 8.70. The molecule has 0 saturated heterocycles. The van der Waals surface area contributed by atoms with Crippen LogP contribution >= 0.6 is 0 Å². The van der Waals surface area contributed by atoms with Crippen molar-refractivity contribution in [3.8, 4) is 5.75 Å². The maximum Gasteiger partial charge on any atom is 0.573 e. The molecular formula is C20H15F3N4O2. The molecule has 2 aromatic carbocycles. The van der Waals surface area contributed by atoms with E-state index in [9.17, 15) is 18.0 Å². The lowest BCUT2D eigenvalue weighted by atomic mass is 10.1. The molecule has 0 aliphatic rings. The number of rotatable bonds is 6. The van der Waals surface area contributed by atoms with E-state index >= 15 is 0 Å². The summed E-state index contributed by atoms with van der Waals surface area (Å²) in [6.45, 7) is 0.353. The number of nitrogens with zero attached hydrogens (tertiary/aromatic N) is 3. The van der Waals surface area contributed by atoms with E-state index < -0.39 is 6.36 Å². The van der Waals surface area contributed by atoms with Crippen molar-refractivity contribution in [3.05, 3.63) is 77.7 Å². The number of hydrogen-bond acceptors (Lipinski definition) is 4. The minimum atomic E-state index is -4.72. The van der Waals surface area contributed by atoms with Crippen LogP contribution in [0.15, 0.2) is 60.9 Å². The van der Waals surface area contributed by atoms with Gasteiger partial charge < -0.3 is 4.74 Å². The van der Waals surface area contributed by atoms with E-state index in [-0.39, 0.29) is 18.0 Å². The highest BCUT2D eigenvalue weighted by Crippen LogP contribution is 2.23. The van der Waals surface area contributed by atoms with E-state index in [1.807, 2.05) is 24.3 Å². The predicted octanol–water partition coefficient (Wildman–Crippen LogP) is 4.13. The van der Waals surface area contributed by atoms with Crippen LogP contribution in [-0.4, -0.2) is 32.1 Å². The Labute approximate surface area is 162 Å². The fourth-order valence-corrected chi connectivity index (χ4v) is 3.01. The molecule has 4 aromatic rings. The first kappa shape index (κ1) is 18.7. The van der Waals surface area contributed by atoms with Crippen molar-refractivity contribution >= 4 is 16.7 Å². The molecule has 9 heteroatoms. The van der Waals surface area contributed by atoms with Gasteiger partial charge in [0.05, 0.1) is 18.3 Å². The second kappa shape index (κ2) is 7.42. The van der Waals surface area contributed by atoms with Crippen molar-refractivity contribution in [3.63, 3.8) is 0 Å². The van der Waals surface area contributed by atoms with Crippen LogP contribution in [0, 0.1) is 0 Å². The summed E-state index contributed by atoms with van der Waals surface area (Å²) < 4.78 is 42.1. The molecule has 0 saturated carbocycles. The number of fused-ring (bicyclic) bond motifs is 1. The molecule has 0 spiro atoms. The number of carbonyl (C=O) groups is 1. The van der Waals surface area contributed by atoms with E-state index in [2.05, 4.69) is 20.0 Å². The van der Waals surface area contributed by atoms with E-state index in [1.54, 1.807) is 17.1 Å². The van der Waals surface area contributed by atoms with Crippen LogP contribution in [0.2, 0.25) is 0 Å². The van der Waals surface area contributed by atoms with Crippen LogP contribution in [-0.2, 0) is 13.0 Å². The Morgan fingerprint density at radius 1 is 1.07 bits per heavy atom. The minimum absolute atomic E-state index is 0.129. The maximum atomic E-state index is 12.6. The SMILES string of the molecule is O=C(Cc1cnn(Cc2ccc(OC(F)(F)F)cc2)c1)c1n[nH]c2ccccc12. The van der Waals surface area contributed by atoms with E-state index in [0.29, 0.717) is 12.2 Å². The monoisotopic (exact) mass is 400 g/mol. The van der Waals surface area contributed by atoms with Gasteiger partial charge in [-0.15, -0.1) is 13.2 Å². The van der Waals surface area contributed by atoms with Gasteiger partial charge in [-0.3, -0.25) is 14.6 Å². The highest BCUT2D eigenvalue weighted by molar-refractivity contribution is 6.06. The fraction of sp³-hybridized carbons (Fsp3) is 0.150. The van der Waals surface area contributed by atoms with Crippen LogP contribution in [0.3, 0.4) is 0 Å². The number of ketones is 1. The first-order valence-corrected chi connectivity index (χ1v) is 8.70. The zero-order valence-corrected chi connectivity index (χ0v) is 15.0. The Bertz CT molecular complexity index is 1150. The number of para-hydroxylation sites is 1. The molecule has 0 unspecified atom stereocenters. The Balaban J connectivity index is 1.41. The van der Waals surface area contributed by atoms with Crippen LogP contribution in [0.4, 0.5) is 13.2 Å². The van der Waals surface area contributed by atoms with Gasteiger partial charge >= 0.3 is 6.36 Å². The second-order valence-electron chi connectivity index (χ2n) is 6.46.